The molecule has 0 radical (unpaired) electrons. The Kier molecular flexibility index (Phi) is 29.8. The van der Waals surface area contributed by atoms with Gasteiger partial charge in [-0.1, -0.05) is 0 Å². The summed E-state index contributed by atoms with van der Waals surface area (Å²) in [5.74, 6) is -8.64. The molecule has 0 aromatic rings. The number of carboxylic acid groups (broad SMARTS) is 5. The van der Waals surface area contributed by atoms with E-state index >= 15 is 0 Å². The van der Waals surface area contributed by atoms with Gasteiger partial charge in [-0.15, -0.1) is 0 Å². The summed E-state index contributed by atoms with van der Waals surface area (Å²) in [4.78, 5) is 88.8. The lowest BCUT2D eigenvalue weighted by atomic mass is 10.2. The van der Waals surface area contributed by atoms with Crippen LogP contribution in [0, 0.1) is 0 Å². The van der Waals surface area contributed by atoms with Crippen molar-refractivity contribution in [3.8, 4) is 0 Å². The average Bonchev–Trinajstić information content (AvgIpc) is 2.78. The van der Waals surface area contributed by atoms with E-state index in [9.17, 15) is 43.2 Å². The van der Waals surface area contributed by atoms with E-state index in [0.717, 1.165) is 0 Å². The van der Waals surface area contributed by atoms with Crippen molar-refractivity contribution in [2.75, 3.05) is 6.54 Å². The molecule has 0 aromatic heterocycles. The maximum atomic E-state index is 9.99. The SMILES string of the molecule is NC(=O)CC(N)C(=O)O.NC(=O)CC(N)C(=O)O.NC(=O)CC(N)C(=O)O.NC(=O)CC(N)C(=O)O.NCC(=O)O. The quantitative estimate of drug-likeness (QED) is 0.0928. The first-order chi connectivity index (χ1) is 18.4. The first-order valence-corrected chi connectivity index (χ1v) is 10.4. The minimum absolute atomic E-state index is 0.278. The maximum Gasteiger partial charge on any atom is 0.321 e. The van der Waals surface area contributed by atoms with Crippen LogP contribution in [0.4, 0.5) is 0 Å². The van der Waals surface area contributed by atoms with Crippen LogP contribution in [0.2, 0.25) is 0 Å². The number of primary amides is 4. The fourth-order valence-electron chi connectivity index (χ4n) is 1.22. The normalized spacial score (nSPS) is 11.9. The Hall–Kier alpha value is -4.97. The molecule has 0 aliphatic heterocycles. The van der Waals surface area contributed by atoms with Crippen molar-refractivity contribution in [2.24, 2.45) is 51.6 Å². The topological polar surface area (TPSA) is 489 Å². The zero-order valence-corrected chi connectivity index (χ0v) is 21.5. The lowest BCUT2D eigenvalue weighted by Gasteiger charge is -1.99. The summed E-state index contributed by atoms with van der Waals surface area (Å²) in [5, 5.41) is 40.0. The molecule has 0 aliphatic carbocycles. The van der Waals surface area contributed by atoms with Gasteiger partial charge in [0, 0.05) is 0 Å². The molecule has 0 aromatic carbocycles. The van der Waals surface area contributed by atoms with Crippen LogP contribution in [-0.2, 0) is 43.2 Å². The third-order valence-electron chi connectivity index (χ3n) is 3.13. The third-order valence-corrected chi connectivity index (χ3v) is 3.13. The van der Waals surface area contributed by atoms with E-state index in [1.54, 1.807) is 0 Å². The standard InChI is InChI=1S/4C4H8N2O3.C2H5NO2/c4*5-2(4(8)9)1-3(6)7;3-1-2(4)5/h4*2H,1,5H2,(H2,6,7)(H,8,9);1,3H2,(H,4,5). The Bertz CT molecular complexity index is 772. The maximum absolute atomic E-state index is 9.99. The molecule has 0 saturated heterocycles. The number of carboxylic acids is 5. The second kappa shape index (κ2) is 26.6. The predicted molar refractivity (Wildman–Crippen MR) is 134 cm³/mol. The molecule has 238 valence electrons. The zero-order chi connectivity index (χ0) is 34.0. The molecule has 4 amide bonds. The molecule has 23 N–H and O–H groups in total. The first kappa shape index (κ1) is 45.9. The number of carbonyl (C=O) groups excluding carboxylic acids is 4. The fourth-order valence-corrected chi connectivity index (χ4v) is 1.22. The van der Waals surface area contributed by atoms with Crippen molar-refractivity contribution in [1.82, 2.24) is 0 Å². The molecule has 41 heavy (non-hydrogen) atoms. The minimum atomic E-state index is -1.21. The molecular formula is C18H37N9O14. The first-order valence-electron chi connectivity index (χ1n) is 10.4. The summed E-state index contributed by atoms with van der Waals surface area (Å²) in [7, 11) is 0. The summed E-state index contributed by atoms with van der Waals surface area (Å²) < 4.78 is 0. The highest BCUT2D eigenvalue weighted by Gasteiger charge is 2.15. The number of carbonyl (C=O) groups is 9. The van der Waals surface area contributed by atoms with Crippen molar-refractivity contribution < 1.29 is 68.7 Å². The van der Waals surface area contributed by atoms with E-state index in [1.165, 1.54) is 0 Å². The second-order valence-electron chi connectivity index (χ2n) is 7.06. The highest BCUT2D eigenvalue weighted by Crippen LogP contribution is 1.86. The van der Waals surface area contributed by atoms with Gasteiger partial charge in [0.15, 0.2) is 0 Å². The molecule has 0 aliphatic rings. The molecule has 23 heteroatoms. The number of rotatable bonds is 13. The van der Waals surface area contributed by atoms with Crippen LogP contribution < -0.4 is 51.6 Å². The monoisotopic (exact) mass is 603 g/mol. The van der Waals surface area contributed by atoms with Gasteiger partial charge in [-0.2, -0.15) is 0 Å². The highest BCUT2D eigenvalue weighted by molar-refractivity contribution is 5.84. The summed E-state index contributed by atoms with van der Waals surface area (Å²) in [6.45, 7) is -0.278. The smallest absolute Gasteiger partial charge is 0.321 e. The van der Waals surface area contributed by atoms with Crippen LogP contribution >= 0.6 is 0 Å². The summed E-state index contributed by atoms with van der Waals surface area (Å²) >= 11 is 0. The molecule has 0 spiro atoms. The van der Waals surface area contributed by atoms with Gasteiger partial charge in [-0.3, -0.25) is 43.2 Å². The highest BCUT2D eigenvalue weighted by atomic mass is 16.4. The summed E-state index contributed by atoms with van der Waals surface area (Å²) in [5.41, 5.74) is 42.8. The Morgan fingerprint density at radius 1 is 0.415 bits per heavy atom. The number of hydrogen-bond acceptors (Lipinski definition) is 14. The van der Waals surface area contributed by atoms with Crippen molar-refractivity contribution in [3.63, 3.8) is 0 Å². The molecule has 0 bridgehead atoms. The van der Waals surface area contributed by atoms with E-state index in [1.807, 2.05) is 0 Å². The molecule has 23 nitrogen and oxygen atoms in total. The number of hydrogen-bond donors (Lipinski definition) is 14. The predicted octanol–water partition coefficient (Wildman–Crippen LogP) is -7.88. The fraction of sp³-hybridized carbons (Fsp3) is 0.500. The lowest BCUT2D eigenvalue weighted by Crippen LogP contribution is -2.34. The third kappa shape index (κ3) is 45.3. The molecule has 4 atom stereocenters. The Balaban J connectivity index is -0.000000133. The molecule has 0 fully saturated rings. The van der Waals surface area contributed by atoms with Crippen LogP contribution in [0.15, 0.2) is 0 Å². The lowest BCUT2D eigenvalue weighted by molar-refractivity contribution is -0.140. The molecular weight excluding hydrogens is 566 g/mol. The van der Waals surface area contributed by atoms with Crippen LogP contribution in [0.1, 0.15) is 25.7 Å². The van der Waals surface area contributed by atoms with Gasteiger partial charge >= 0.3 is 29.8 Å². The minimum Gasteiger partial charge on any atom is -0.480 e. The number of aliphatic carboxylic acids is 5. The van der Waals surface area contributed by atoms with E-state index in [0.29, 0.717) is 0 Å². The van der Waals surface area contributed by atoms with Gasteiger partial charge in [0.05, 0.1) is 32.2 Å². The van der Waals surface area contributed by atoms with E-state index in [-0.39, 0.29) is 32.2 Å². The molecule has 0 rings (SSSR count). The van der Waals surface area contributed by atoms with E-state index < -0.39 is 77.6 Å². The van der Waals surface area contributed by atoms with Crippen molar-refractivity contribution in [1.29, 1.82) is 0 Å². The van der Waals surface area contributed by atoms with Crippen LogP contribution in [-0.4, -0.2) is 110 Å². The molecule has 0 heterocycles. The second-order valence-corrected chi connectivity index (χ2v) is 7.06. The Labute approximate surface area is 230 Å². The average molecular weight is 604 g/mol. The molecule has 4 unspecified atom stereocenters. The van der Waals surface area contributed by atoms with Crippen LogP contribution in [0.3, 0.4) is 0 Å². The van der Waals surface area contributed by atoms with Gasteiger partial charge in [-0.05, 0) is 0 Å². The van der Waals surface area contributed by atoms with E-state index in [4.69, 9.17) is 48.5 Å². The number of amides is 4. The Morgan fingerprint density at radius 2 is 0.537 bits per heavy atom. The summed E-state index contributed by atoms with van der Waals surface area (Å²) in [6.07, 6.45) is -1.24. The van der Waals surface area contributed by atoms with Gasteiger partial charge in [0.2, 0.25) is 23.6 Å². The van der Waals surface area contributed by atoms with Crippen molar-refractivity contribution in [3.05, 3.63) is 0 Å². The Morgan fingerprint density at radius 3 is 0.561 bits per heavy atom. The van der Waals surface area contributed by atoms with Gasteiger partial charge in [0.1, 0.15) is 24.2 Å². The van der Waals surface area contributed by atoms with Gasteiger partial charge in [0.25, 0.3) is 0 Å². The van der Waals surface area contributed by atoms with Crippen molar-refractivity contribution >= 4 is 53.5 Å². The van der Waals surface area contributed by atoms with Crippen LogP contribution in [0.5, 0.6) is 0 Å². The molecule has 0 saturated carbocycles. The summed E-state index contributed by atoms with van der Waals surface area (Å²) in [6, 6.07) is -4.66. The van der Waals surface area contributed by atoms with Crippen molar-refractivity contribution in [2.45, 2.75) is 49.9 Å². The van der Waals surface area contributed by atoms with E-state index in [2.05, 4.69) is 28.7 Å². The number of nitrogens with two attached hydrogens (primary N) is 9. The van der Waals surface area contributed by atoms with Gasteiger partial charge in [-0.25, -0.2) is 0 Å². The largest absolute Gasteiger partial charge is 0.480 e. The van der Waals surface area contributed by atoms with Gasteiger partial charge < -0.3 is 77.1 Å². The zero-order valence-electron chi connectivity index (χ0n) is 21.5. The van der Waals surface area contributed by atoms with Crippen LogP contribution in [0.25, 0.3) is 0 Å².